The number of rotatable bonds is 22. The second kappa shape index (κ2) is 21.4. The Kier molecular flexibility index (Phi) is 16.9. The van der Waals surface area contributed by atoms with Crippen LogP contribution >= 0.6 is 0 Å². The first kappa shape index (κ1) is 37.9. The minimum Gasteiger partial charge on any atom is -0.455 e. The third kappa shape index (κ3) is 12.6. The molecule has 3 aromatic rings. The van der Waals surface area contributed by atoms with Crippen molar-refractivity contribution in [1.82, 2.24) is 10.2 Å². The van der Waals surface area contributed by atoms with Crippen LogP contribution in [0, 0.1) is 11.8 Å². The van der Waals surface area contributed by atoms with Gasteiger partial charge in [-0.3, -0.25) is 14.4 Å². The molecule has 8 nitrogen and oxygen atoms in total. The summed E-state index contributed by atoms with van der Waals surface area (Å²) in [7, 11) is 1.53. The Bertz CT molecular complexity index is 1400. The quantitative estimate of drug-likeness (QED) is 0.0758. The number of amides is 2. The fourth-order valence-electron chi connectivity index (χ4n) is 5.68. The molecule has 0 aliphatic carbocycles. The topological polar surface area (TPSA) is 105 Å². The van der Waals surface area contributed by atoms with Gasteiger partial charge >= 0.3 is 5.97 Å². The molecular weight excluding hydrogens is 604 g/mol. The highest BCUT2D eigenvalue weighted by Crippen LogP contribution is 2.27. The van der Waals surface area contributed by atoms with Crippen molar-refractivity contribution in [2.24, 2.45) is 11.8 Å². The standard InChI is InChI=1S/C40H50N2O6/c1-4-6-10-24-35(27-31-18-11-7-12-19-31)40(46)48-38(33-22-15-9-16-23-33)36(30-47-3)41-39(45)34(17-5-2)28-37(44)42(25-26-43)29-32-20-13-8-14-21-32/h4-5,7-9,11-16,18-23,34-36,38,43H,1-2,6,10,17,24-30H2,3H3,(H,41,45)/t34-,35+,36-,38-/m0/s1. The number of carbonyl (C=O) groups excluding carboxylic acids is 3. The van der Waals surface area contributed by atoms with Gasteiger partial charge in [0.15, 0.2) is 0 Å². The van der Waals surface area contributed by atoms with Crippen LogP contribution in [0.25, 0.3) is 0 Å². The molecular formula is C40H50N2O6. The van der Waals surface area contributed by atoms with Crippen LogP contribution in [-0.4, -0.2) is 60.7 Å². The third-order valence-corrected chi connectivity index (χ3v) is 8.21. The van der Waals surface area contributed by atoms with E-state index in [1.807, 2.05) is 97.1 Å². The fourth-order valence-corrected chi connectivity index (χ4v) is 5.68. The van der Waals surface area contributed by atoms with Gasteiger partial charge in [0.25, 0.3) is 0 Å². The van der Waals surface area contributed by atoms with E-state index < -0.39 is 24.0 Å². The Balaban J connectivity index is 1.83. The average molecular weight is 655 g/mol. The summed E-state index contributed by atoms with van der Waals surface area (Å²) in [6.45, 7) is 7.96. The van der Waals surface area contributed by atoms with Gasteiger partial charge in [0.2, 0.25) is 11.8 Å². The van der Waals surface area contributed by atoms with Gasteiger partial charge in [-0.05, 0) is 48.8 Å². The molecule has 3 aromatic carbocycles. The third-order valence-electron chi connectivity index (χ3n) is 8.21. The molecule has 0 spiro atoms. The van der Waals surface area contributed by atoms with E-state index in [1.165, 1.54) is 7.11 Å². The highest BCUT2D eigenvalue weighted by atomic mass is 16.5. The van der Waals surface area contributed by atoms with E-state index in [4.69, 9.17) is 9.47 Å². The van der Waals surface area contributed by atoms with E-state index in [1.54, 1.807) is 11.0 Å². The highest BCUT2D eigenvalue weighted by Gasteiger charge is 2.33. The number of methoxy groups -OCH3 is 1. The number of esters is 1. The minimum atomic E-state index is -0.843. The van der Waals surface area contributed by atoms with E-state index >= 15 is 0 Å². The highest BCUT2D eigenvalue weighted by molar-refractivity contribution is 5.86. The van der Waals surface area contributed by atoms with Crippen LogP contribution in [0.4, 0.5) is 0 Å². The molecule has 256 valence electrons. The molecule has 0 heterocycles. The van der Waals surface area contributed by atoms with Crippen LogP contribution in [0.3, 0.4) is 0 Å². The molecule has 2 N–H and O–H groups in total. The van der Waals surface area contributed by atoms with Crippen LogP contribution in [0.1, 0.15) is 54.9 Å². The first-order valence-corrected chi connectivity index (χ1v) is 16.6. The minimum absolute atomic E-state index is 0.0673. The van der Waals surface area contributed by atoms with E-state index in [0.29, 0.717) is 24.9 Å². The number of aliphatic hydroxyl groups excluding tert-OH is 1. The predicted octanol–water partition coefficient (Wildman–Crippen LogP) is 6.22. The number of unbranched alkanes of at least 4 members (excludes halogenated alkanes) is 1. The van der Waals surface area contributed by atoms with E-state index in [-0.39, 0.29) is 50.4 Å². The van der Waals surface area contributed by atoms with Gasteiger partial charge in [0.05, 0.1) is 31.1 Å². The Hall–Kier alpha value is -4.53. The maximum Gasteiger partial charge on any atom is 0.309 e. The zero-order valence-electron chi connectivity index (χ0n) is 28.0. The zero-order valence-corrected chi connectivity index (χ0v) is 28.0. The molecule has 0 radical (unpaired) electrons. The van der Waals surface area contributed by atoms with Gasteiger partial charge in [0.1, 0.15) is 6.10 Å². The smallest absolute Gasteiger partial charge is 0.309 e. The number of allylic oxidation sites excluding steroid dienone is 2. The van der Waals surface area contributed by atoms with E-state index in [0.717, 1.165) is 24.0 Å². The Morgan fingerprint density at radius 2 is 1.50 bits per heavy atom. The van der Waals surface area contributed by atoms with Crippen molar-refractivity contribution >= 4 is 17.8 Å². The molecule has 8 heteroatoms. The second-order valence-corrected chi connectivity index (χ2v) is 11.9. The van der Waals surface area contributed by atoms with E-state index in [2.05, 4.69) is 18.5 Å². The average Bonchev–Trinajstić information content (AvgIpc) is 3.10. The van der Waals surface area contributed by atoms with Crippen LogP contribution in [0.2, 0.25) is 0 Å². The van der Waals surface area contributed by atoms with Crippen molar-refractivity contribution in [3.05, 3.63) is 133 Å². The van der Waals surface area contributed by atoms with Crippen LogP contribution in [-0.2, 0) is 36.8 Å². The number of hydrogen-bond donors (Lipinski definition) is 2. The maximum absolute atomic E-state index is 13.9. The van der Waals surface area contributed by atoms with Gasteiger partial charge in [-0.25, -0.2) is 0 Å². The van der Waals surface area contributed by atoms with Crippen molar-refractivity contribution in [1.29, 1.82) is 0 Å². The van der Waals surface area contributed by atoms with Gasteiger partial charge < -0.3 is 24.8 Å². The van der Waals surface area contributed by atoms with E-state index in [9.17, 15) is 19.5 Å². The summed E-state index contributed by atoms with van der Waals surface area (Å²) < 4.78 is 11.8. The van der Waals surface area contributed by atoms with Gasteiger partial charge in [-0.15, -0.1) is 13.2 Å². The summed E-state index contributed by atoms with van der Waals surface area (Å²) in [5, 5.41) is 12.7. The Morgan fingerprint density at radius 1 is 0.875 bits per heavy atom. The van der Waals surface area contributed by atoms with Gasteiger partial charge in [-0.2, -0.15) is 0 Å². The summed E-state index contributed by atoms with van der Waals surface area (Å²) in [4.78, 5) is 42.8. The lowest BCUT2D eigenvalue weighted by Gasteiger charge is -2.31. The number of ether oxygens (including phenoxy) is 2. The van der Waals surface area contributed by atoms with Crippen molar-refractivity contribution in [3.63, 3.8) is 0 Å². The summed E-state index contributed by atoms with van der Waals surface area (Å²) in [5.74, 6) is -2.12. The molecule has 48 heavy (non-hydrogen) atoms. The first-order valence-electron chi connectivity index (χ1n) is 16.6. The molecule has 4 atom stereocenters. The lowest BCUT2D eigenvalue weighted by atomic mass is 9.93. The number of nitrogens with zero attached hydrogens (tertiary/aromatic N) is 1. The number of aliphatic hydroxyl groups is 1. The SMILES string of the molecule is C=CCCC[C@H](Cc1ccccc1)C(=O)O[C@@H](c1ccccc1)[C@H](COC)NC(=O)[C@@H](CC=C)CC(=O)N(CCO)Cc1ccccc1. The van der Waals surface area contributed by atoms with Crippen molar-refractivity contribution in [3.8, 4) is 0 Å². The number of nitrogens with one attached hydrogen (secondary N) is 1. The second-order valence-electron chi connectivity index (χ2n) is 11.9. The number of benzene rings is 3. The number of carbonyl (C=O) groups is 3. The molecule has 0 bridgehead atoms. The first-order chi connectivity index (χ1) is 23.4. The molecule has 0 saturated carbocycles. The molecule has 0 aliphatic rings. The lowest BCUT2D eigenvalue weighted by Crippen LogP contribution is -2.47. The Labute approximate surface area is 285 Å². The normalized spacial score (nSPS) is 13.4. The summed E-state index contributed by atoms with van der Waals surface area (Å²) in [6.07, 6.45) is 5.52. The molecule has 3 rings (SSSR count). The summed E-state index contributed by atoms with van der Waals surface area (Å²) in [6, 6.07) is 27.9. The van der Waals surface area contributed by atoms with Gasteiger partial charge in [0, 0.05) is 26.6 Å². The summed E-state index contributed by atoms with van der Waals surface area (Å²) in [5.41, 5.74) is 2.67. The summed E-state index contributed by atoms with van der Waals surface area (Å²) >= 11 is 0. The van der Waals surface area contributed by atoms with Crippen LogP contribution in [0.15, 0.2) is 116 Å². The van der Waals surface area contributed by atoms with Crippen molar-refractivity contribution in [2.45, 2.75) is 57.2 Å². The van der Waals surface area contributed by atoms with Crippen molar-refractivity contribution < 1.29 is 29.0 Å². The molecule has 0 saturated heterocycles. The molecule has 2 amide bonds. The van der Waals surface area contributed by atoms with Gasteiger partial charge in [-0.1, -0.05) is 103 Å². The van der Waals surface area contributed by atoms with Crippen molar-refractivity contribution in [2.75, 3.05) is 26.9 Å². The Morgan fingerprint density at radius 3 is 2.08 bits per heavy atom. The maximum atomic E-state index is 13.9. The monoisotopic (exact) mass is 654 g/mol. The fraction of sp³-hybridized carbons (Fsp3) is 0.375. The van der Waals surface area contributed by atoms with Crippen LogP contribution < -0.4 is 5.32 Å². The predicted molar refractivity (Wildman–Crippen MR) is 189 cm³/mol. The molecule has 0 unspecified atom stereocenters. The molecule has 0 aromatic heterocycles. The largest absolute Gasteiger partial charge is 0.455 e. The lowest BCUT2D eigenvalue weighted by molar-refractivity contribution is -0.158. The van der Waals surface area contributed by atoms with Crippen LogP contribution in [0.5, 0.6) is 0 Å². The number of hydrogen-bond acceptors (Lipinski definition) is 6. The molecule has 0 fully saturated rings. The molecule has 0 aliphatic heterocycles. The zero-order chi connectivity index (χ0) is 34.6.